The van der Waals surface area contributed by atoms with E-state index >= 15 is 0 Å². The number of carbonyl (C=O) groups excluding carboxylic acids is 1. The fourth-order valence-electron chi connectivity index (χ4n) is 1.43. The van der Waals surface area contributed by atoms with Gasteiger partial charge >= 0.3 is 5.69 Å². The summed E-state index contributed by atoms with van der Waals surface area (Å²) in [5.41, 5.74) is 0.947. The second-order valence-corrected chi connectivity index (χ2v) is 5.87. The molecule has 0 aliphatic rings. The van der Waals surface area contributed by atoms with Crippen molar-refractivity contribution < 1.29 is 4.79 Å². The molecule has 0 atom stereocenters. The largest absolute Gasteiger partial charge is 0.336 e. The van der Waals surface area contributed by atoms with E-state index in [-0.39, 0.29) is 17.3 Å². The van der Waals surface area contributed by atoms with Crippen molar-refractivity contribution in [2.45, 2.75) is 6.54 Å². The van der Waals surface area contributed by atoms with Crippen LogP contribution in [-0.4, -0.2) is 27.8 Å². The highest BCUT2D eigenvalue weighted by Crippen LogP contribution is 2.21. The van der Waals surface area contributed by atoms with Crippen LogP contribution in [0.1, 0.15) is 16.1 Å². The molecular weight excluding hydrogens is 306 g/mol. The van der Waals surface area contributed by atoms with Crippen LogP contribution in [0.2, 0.25) is 0 Å². The third-order valence-corrected chi connectivity index (χ3v) is 3.77. The lowest BCUT2D eigenvalue weighted by Crippen LogP contribution is -2.26. The highest BCUT2D eigenvalue weighted by atomic mass is 79.9. The summed E-state index contributed by atoms with van der Waals surface area (Å²) in [5, 5.41) is 1.98. The molecule has 0 saturated heterocycles. The lowest BCUT2D eigenvalue weighted by Gasteiger charge is -2.14. The van der Waals surface area contributed by atoms with Crippen LogP contribution in [0, 0.1) is 0 Å². The molecule has 7 heteroatoms. The van der Waals surface area contributed by atoms with Gasteiger partial charge in [0, 0.05) is 19.8 Å². The molecule has 0 unspecified atom stereocenters. The Balaban J connectivity index is 2.07. The molecule has 0 spiro atoms. The Morgan fingerprint density at radius 2 is 2.35 bits per heavy atom. The first kappa shape index (κ1) is 12.1. The molecule has 0 aliphatic heterocycles. The van der Waals surface area contributed by atoms with E-state index in [9.17, 15) is 9.59 Å². The van der Waals surface area contributed by atoms with Crippen molar-refractivity contribution >= 4 is 33.2 Å². The van der Waals surface area contributed by atoms with Crippen LogP contribution in [0.5, 0.6) is 0 Å². The molecule has 0 fully saturated rings. The quantitative estimate of drug-likeness (QED) is 0.906. The third kappa shape index (κ3) is 2.86. The molecule has 1 amide bonds. The van der Waals surface area contributed by atoms with E-state index in [1.165, 1.54) is 6.20 Å². The number of nitrogens with one attached hydrogen (secondary N) is 2. The van der Waals surface area contributed by atoms with Crippen molar-refractivity contribution in [3.8, 4) is 0 Å². The zero-order chi connectivity index (χ0) is 12.4. The van der Waals surface area contributed by atoms with Crippen LogP contribution in [0.25, 0.3) is 0 Å². The van der Waals surface area contributed by atoms with Gasteiger partial charge in [0.2, 0.25) is 0 Å². The minimum Gasteiger partial charge on any atom is -0.336 e. The van der Waals surface area contributed by atoms with E-state index in [2.05, 4.69) is 25.9 Å². The topological polar surface area (TPSA) is 69.0 Å². The van der Waals surface area contributed by atoms with E-state index in [4.69, 9.17) is 0 Å². The molecule has 90 valence electrons. The van der Waals surface area contributed by atoms with Crippen LogP contribution >= 0.6 is 27.3 Å². The predicted octanol–water partition coefficient (Wildman–Crippen LogP) is 1.80. The SMILES string of the molecule is CN(Cc1csc(Br)c1)C(=O)c1c[nH]c(=O)[nH]1. The molecule has 2 aromatic rings. The van der Waals surface area contributed by atoms with Gasteiger partial charge in [0.25, 0.3) is 5.91 Å². The summed E-state index contributed by atoms with van der Waals surface area (Å²) in [6.07, 6.45) is 1.38. The molecule has 2 heterocycles. The zero-order valence-electron chi connectivity index (χ0n) is 8.99. The molecular formula is C10H10BrN3O2S. The fraction of sp³-hybridized carbons (Fsp3) is 0.200. The number of aromatic amines is 2. The summed E-state index contributed by atoms with van der Waals surface area (Å²) in [4.78, 5) is 29.2. The maximum atomic E-state index is 11.9. The summed E-state index contributed by atoms with van der Waals surface area (Å²) < 4.78 is 1.03. The zero-order valence-corrected chi connectivity index (χ0v) is 11.4. The Morgan fingerprint density at radius 1 is 1.59 bits per heavy atom. The fourth-order valence-corrected chi connectivity index (χ4v) is 2.63. The van der Waals surface area contributed by atoms with Crippen molar-refractivity contribution in [2.75, 3.05) is 7.05 Å². The number of carbonyl (C=O) groups is 1. The Morgan fingerprint density at radius 3 is 2.88 bits per heavy atom. The number of thiophene rings is 1. The van der Waals surface area contributed by atoms with Crippen molar-refractivity contribution in [1.29, 1.82) is 0 Å². The number of hydrogen-bond acceptors (Lipinski definition) is 3. The third-order valence-electron chi connectivity index (χ3n) is 2.21. The number of halogens is 1. The molecule has 2 N–H and O–H groups in total. The molecule has 17 heavy (non-hydrogen) atoms. The van der Waals surface area contributed by atoms with Crippen LogP contribution in [0.15, 0.2) is 26.2 Å². The summed E-state index contributed by atoms with van der Waals surface area (Å²) >= 11 is 4.94. The molecule has 2 rings (SSSR count). The number of rotatable bonds is 3. The van der Waals surface area contributed by atoms with E-state index in [0.717, 1.165) is 9.35 Å². The average molecular weight is 316 g/mol. The number of aromatic nitrogens is 2. The molecule has 0 aromatic carbocycles. The Hall–Kier alpha value is -1.34. The number of nitrogens with zero attached hydrogens (tertiary/aromatic N) is 1. The van der Waals surface area contributed by atoms with Crippen LogP contribution < -0.4 is 5.69 Å². The average Bonchev–Trinajstić information content (AvgIpc) is 2.87. The van der Waals surface area contributed by atoms with Gasteiger partial charge in [0.1, 0.15) is 5.69 Å². The van der Waals surface area contributed by atoms with Gasteiger partial charge in [-0.3, -0.25) is 4.79 Å². The summed E-state index contributed by atoms with van der Waals surface area (Å²) in [5.74, 6) is -0.217. The van der Waals surface area contributed by atoms with Gasteiger partial charge in [0.05, 0.1) is 3.79 Å². The van der Waals surface area contributed by atoms with E-state index in [0.29, 0.717) is 6.54 Å². The van der Waals surface area contributed by atoms with Crippen LogP contribution in [0.4, 0.5) is 0 Å². The van der Waals surface area contributed by atoms with Gasteiger partial charge in [-0.25, -0.2) is 4.79 Å². The number of hydrogen-bond donors (Lipinski definition) is 2. The lowest BCUT2D eigenvalue weighted by atomic mass is 10.3. The molecule has 5 nitrogen and oxygen atoms in total. The number of imidazole rings is 1. The van der Waals surface area contributed by atoms with Gasteiger partial charge in [-0.1, -0.05) is 0 Å². The monoisotopic (exact) mass is 315 g/mol. The molecule has 0 radical (unpaired) electrons. The molecule has 0 saturated carbocycles. The van der Waals surface area contributed by atoms with E-state index < -0.39 is 0 Å². The van der Waals surface area contributed by atoms with Gasteiger partial charge < -0.3 is 14.9 Å². The highest BCUT2D eigenvalue weighted by molar-refractivity contribution is 9.11. The van der Waals surface area contributed by atoms with Gasteiger partial charge in [-0.15, -0.1) is 11.3 Å². The second-order valence-electron chi connectivity index (χ2n) is 3.58. The van der Waals surface area contributed by atoms with Crippen LogP contribution in [-0.2, 0) is 6.54 Å². The summed E-state index contributed by atoms with van der Waals surface area (Å²) in [6, 6.07) is 1.97. The minimum atomic E-state index is -0.375. The molecule has 2 aromatic heterocycles. The molecule has 0 bridgehead atoms. The standard InChI is InChI=1S/C10H10BrN3O2S/c1-14(4-6-2-8(11)17-5-6)9(15)7-3-12-10(16)13-7/h2-3,5H,4H2,1H3,(H2,12,13,16). The Bertz CT molecular complexity index is 586. The Kier molecular flexibility index (Phi) is 3.49. The minimum absolute atomic E-state index is 0.217. The first-order valence-electron chi connectivity index (χ1n) is 4.82. The van der Waals surface area contributed by atoms with Gasteiger partial charge in [-0.2, -0.15) is 0 Å². The normalized spacial score (nSPS) is 10.5. The van der Waals surface area contributed by atoms with Crippen molar-refractivity contribution in [2.24, 2.45) is 0 Å². The van der Waals surface area contributed by atoms with Crippen LogP contribution in [0.3, 0.4) is 0 Å². The maximum absolute atomic E-state index is 11.9. The van der Waals surface area contributed by atoms with Gasteiger partial charge in [0.15, 0.2) is 0 Å². The lowest BCUT2D eigenvalue weighted by molar-refractivity contribution is 0.0780. The smallest absolute Gasteiger partial charge is 0.323 e. The van der Waals surface area contributed by atoms with Crippen molar-refractivity contribution in [1.82, 2.24) is 14.9 Å². The Labute approximate surface area is 110 Å². The number of H-pyrrole nitrogens is 2. The summed E-state index contributed by atoms with van der Waals surface area (Å²) in [7, 11) is 1.69. The van der Waals surface area contributed by atoms with Gasteiger partial charge in [-0.05, 0) is 32.9 Å². The highest BCUT2D eigenvalue weighted by Gasteiger charge is 2.14. The van der Waals surface area contributed by atoms with Crippen molar-refractivity contribution in [3.05, 3.63) is 43.2 Å². The second kappa shape index (κ2) is 4.89. The van der Waals surface area contributed by atoms with Crippen molar-refractivity contribution in [3.63, 3.8) is 0 Å². The van der Waals surface area contributed by atoms with E-state index in [1.54, 1.807) is 23.3 Å². The maximum Gasteiger partial charge on any atom is 0.323 e. The first-order valence-corrected chi connectivity index (χ1v) is 6.49. The molecule has 0 aliphatic carbocycles. The first-order chi connectivity index (χ1) is 8.06. The predicted molar refractivity (Wildman–Crippen MR) is 69.2 cm³/mol. The summed E-state index contributed by atoms with van der Waals surface area (Å²) in [6.45, 7) is 0.508. The van der Waals surface area contributed by atoms with E-state index in [1.807, 2.05) is 11.4 Å². The number of amides is 1.